The fourth-order valence-electron chi connectivity index (χ4n) is 4.66. The highest BCUT2D eigenvalue weighted by Gasteiger charge is 2.62. The van der Waals surface area contributed by atoms with Crippen molar-refractivity contribution in [2.24, 2.45) is 11.8 Å². The zero-order chi connectivity index (χ0) is 19.5. The van der Waals surface area contributed by atoms with Gasteiger partial charge in [0.2, 0.25) is 0 Å². The van der Waals surface area contributed by atoms with Crippen LogP contribution in [0.3, 0.4) is 0 Å². The highest BCUT2D eigenvalue weighted by atomic mass is 35.5. The van der Waals surface area contributed by atoms with Crippen LogP contribution in [0.15, 0.2) is 42.6 Å². The Balaban J connectivity index is 1.32. The van der Waals surface area contributed by atoms with Crippen molar-refractivity contribution in [1.82, 2.24) is 15.5 Å². The Kier molecular flexibility index (Phi) is 3.73. The number of nitrogens with one attached hydrogen (secondary N) is 2. The van der Waals surface area contributed by atoms with E-state index in [9.17, 15) is 9.90 Å². The molecule has 1 amide bonds. The number of hydrogen-bond acceptors (Lipinski definition) is 4. The fourth-order valence-corrected chi connectivity index (χ4v) is 4.88. The molecule has 2 aliphatic carbocycles. The van der Waals surface area contributed by atoms with Crippen molar-refractivity contribution in [3.63, 3.8) is 0 Å². The van der Waals surface area contributed by atoms with Crippen molar-refractivity contribution in [3.05, 3.63) is 64.3 Å². The monoisotopic (exact) mass is 392 g/mol. The molecule has 1 heterocycles. The molecular weight excluding hydrogens is 376 g/mol. The lowest BCUT2D eigenvalue weighted by atomic mass is 9.86. The first kappa shape index (κ1) is 17.2. The van der Waals surface area contributed by atoms with Crippen molar-refractivity contribution < 1.29 is 9.90 Å². The molecule has 2 unspecified atom stereocenters. The summed E-state index contributed by atoms with van der Waals surface area (Å²) in [5, 5.41) is 31.7. The van der Waals surface area contributed by atoms with Crippen molar-refractivity contribution >= 4 is 28.4 Å². The van der Waals surface area contributed by atoms with Gasteiger partial charge in [-0.25, -0.2) is 0 Å². The van der Waals surface area contributed by atoms with Gasteiger partial charge < -0.3 is 10.4 Å². The van der Waals surface area contributed by atoms with Gasteiger partial charge in [-0.3, -0.25) is 9.89 Å². The first-order valence-corrected chi connectivity index (χ1v) is 9.53. The van der Waals surface area contributed by atoms with E-state index < -0.39 is 5.60 Å². The summed E-state index contributed by atoms with van der Waals surface area (Å²) >= 11 is 6.22. The van der Waals surface area contributed by atoms with Crippen LogP contribution in [-0.4, -0.2) is 27.3 Å². The van der Waals surface area contributed by atoms with E-state index in [1.54, 1.807) is 36.5 Å². The summed E-state index contributed by atoms with van der Waals surface area (Å²) in [7, 11) is 0. The smallest absolute Gasteiger partial charge is 0.251 e. The maximum absolute atomic E-state index is 12.5. The van der Waals surface area contributed by atoms with Gasteiger partial charge in [0.25, 0.3) is 5.91 Å². The molecule has 3 aromatic rings. The summed E-state index contributed by atoms with van der Waals surface area (Å²) in [6.45, 7) is 0. The number of carbonyl (C=O) groups is 1. The van der Waals surface area contributed by atoms with Gasteiger partial charge in [0.15, 0.2) is 0 Å². The molecular formula is C21H17ClN4O2. The number of nitrogens with zero attached hydrogens (tertiary/aromatic N) is 2. The minimum atomic E-state index is -0.968. The Morgan fingerprint density at radius 3 is 2.86 bits per heavy atom. The molecule has 3 N–H and O–H groups in total. The third-order valence-electron chi connectivity index (χ3n) is 6.05. The number of hydrogen-bond donors (Lipinski definition) is 3. The Morgan fingerprint density at radius 2 is 2.11 bits per heavy atom. The number of aliphatic hydroxyl groups is 1. The highest BCUT2D eigenvalue weighted by Crippen LogP contribution is 2.60. The topological polar surface area (TPSA) is 102 Å². The minimum absolute atomic E-state index is 0.0533. The van der Waals surface area contributed by atoms with E-state index in [4.69, 9.17) is 16.9 Å². The average Bonchev–Trinajstić information content (AvgIpc) is 3.06. The number of benzene rings is 2. The van der Waals surface area contributed by atoms with E-state index >= 15 is 0 Å². The summed E-state index contributed by atoms with van der Waals surface area (Å²) in [6.07, 6.45) is 2.85. The van der Waals surface area contributed by atoms with E-state index in [1.807, 2.05) is 12.1 Å². The maximum Gasteiger partial charge on any atom is 0.251 e. The third kappa shape index (κ3) is 2.67. The van der Waals surface area contributed by atoms with E-state index in [2.05, 4.69) is 15.5 Å². The maximum atomic E-state index is 12.5. The molecule has 0 aliphatic heterocycles. The van der Waals surface area contributed by atoms with Crippen LogP contribution in [-0.2, 0) is 5.60 Å². The number of nitriles is 1. The summed E-state index contributed by atoms with van der Waals surface area (Å²) in [6, 6.07) is 12.4. The van der Waals surface area contributed by atoms with Crippen LogP contribution in [0.25, 0.3) is 10.9 Å². The van der Waals surface area contributed by atoms with Crippen LogP contribution in [0.2, 0.25) is 5.02 Å². The first-order chi connectivity index (χ1) is 13.5. The number of rotatable bonds is 3. The van der Waals surface area contributed by atoms with Gasteiger partial charge in [-0.2, -0.15) is 10.4 Å². The van der Waals surface area contributed by atoms with E-state index in [0.717, 1.165) is 16.5 Å². The summed E-state index contributed by atoms with van der Waals surface area (Å²) < 4.78 is 0. The van der Waals surface area contributed by atoms with Crippen LogP contribution >= 0.6 is 11.6 Å². The molecule has 2 atom stereocenters. The number of fused-ring (bicyclic) bond motifs is 2. The van der Waals surface area contributed by atoms with Crippen molar-refractivity contribution in [2.45, 2.75) is 24.5 Å². The van der Waals surface area contributed by atoms with Crippen LogP contribution in [0.5, 0.6) is 0 Å². The zero-order valence-electron chi connectivity index (χ0n) is 14.8. The van der Waals surface area contributed by atoms with Crippen molar-refractivity contribution in [2.75, 3.05) is 0 Å². The fraction of sp³-hybridized carbons (Fsp3) is 0.286. The molecule has 2 aromatic carbocycles. The highest BCUT2D eigenvalue weighted by molar-refractivity contribution is 6.31. The van der Waals surface area contributed by atoms with Crippen LogP contribution in [0, 0.1) is 23.2 Å². The Bertz CT molecular complexity index is 1140. The zero-order valence-corrected chi connectivity index (χ0v) is 15.6. The lowest BCUT2D eigenvalue weighted by molar-refractivity contribution is 0.0293. The van der Waals surface area contributed by atoms with Gasteiger partial charge >= 0.3 is 0 Å². The second-order valence-electron chi connectivity index (χ2n) is 7.74. The lowest BCUT2D eigenvalue weighted by Gasteiger charge is -2.27. The first-order valence-electron chi connectivity index (χ1n) is 9.15. The van der Waals surface area contributed by atoms with Crippen LogP contribution in [0.1, 0.15) is 34.3 Å². The number of aromatic amines is 1. The quantitative estimate of drug-likeness (QED) is 0.637. The van der Waals surface area contributed by atoms with E-state index in [-0.39, 0.29) is 23.8 Å². The van der Waals surface area contributed by atoms with Crippen LogP contribution < -0.4 is 5.32 Å². The Labute approximate surface area is 166 Å². The van der Waals surface area contributed by atoms with Gasteiger partial charge in [0.05, 0.1) is 28.9 Å². The van der Waals surface area contributed by atoms with Gasteiger partial charge in [0.1, 0.15) is 0 Å². The predicted molar refractivity (Wildman–Crippen MR) is 104 cm³/mol. The molecule has 28 heavy (non-hydrogen) atoms. The molecule has 2 aliphatic rings. The Morgan fingerprint density at radius 1 is 1.32 bits per heavy atom. The molecule has 0 radical (unpaired) electrons. The van der Waals surface area contributed by atoms with Crippen molar-refractivity contribution in [1.29, 1.82) is 5.26 Å². The van der Waals surface area contributed by atoms with E-state index in [0.29, 0.717) is 29.0 Å². The Hall–Kier alpha value is -2.88. The number of halogens is 1. The molecule has 0 saturated heterocycles. The molecule has 0 spiro atoms. The van der Waals surface area contributed by atoms with E-state index in [1.165, 1.54) is 0 Å². The normalized spacial score (nSPS) is 28.0. The van der Waals surface area contributed by atoms with Gasteiger partial charge in [-0.15, -0.1) is 0 Å². The van der Waals surface area contributed by atoms with Gasteiger partial charge in [0, 0.05) is 22.0 Å². The van der Waals surface area contributed by atoms with Crippen LogP contribution in [0.4, 0.5) is 0 Å². The van der Waals surface area contributed by atoms with Gasteiger partial charge in [-0.1, -0.05) is 17.7 Å². The average molecular weight is 393 g/mol. The molecule has 5 rings (SSSR count). The number of amides is 1. The summed E-state index contributed by atoms with van der Waals surface area (Å²) in [5.74, 6) is 0.281. The summed E-state index contributed by atoms with van der Waals surface area (Å²) in [5.41, 5.74) is 1.57. The SMILES string of the molecule is N#Cc1cccc(C(=O)NC2C3CC(O)(c4cc(Cl)cc5[nH]ncc45)CC32)c1. The standard InChI is InChI=1S/C21H17ClN4O2/c22-13-5-17(16-10-24-26-18(16)6-13)21(28)7-14-15(8-21)19(14)25-20(27)12-3-1-2-11(4-12)9-23/h1-6,10,14-15,19,28H,7-8H2,(H,24,26)(H,25,27). The predicted octanol–water partition coefficient (Wildman–Crippen LogP) is 3.11. The second-order valence-corrected chi connectivity index (χ2v) is 8.18. The number of aromatic nitrogens is 2. The molecule has 2 fully saturated rings. The number of H-pyrrole nitrogens is 1. The molecule has 7 heteroatoms. The molecule has 1 aromatic heterocycles. The largest absolute Gasteiger partial charge is 0.385 e. The minimum Gasteiger partial charge on any atom is -0.385 e. The lowest BCUT2D eigenvalue weighted by Crippen LogP contribution is -2.33. The summed E-state index contributed by atoms with van der Waals surface area (Å²) in [4.78, 5) is 12.5. The number of carbonyl (C=O) groups excluding carboxylic acids is 1. The van der Waals surface area contributed by atoms with Crippen molar-refractivity contribution in [3.8, 4) is 6.07 Å². The molecule has 2 saturated carbocycles. The second kappa shape index (κ2) is 6.06. The molecule has 6 nitrogen and oxygen atoms in total. The molecule has 0 bridgehead atoms. The molecule has 140 valence electrons. The third-order valence-corrected chi connectivity index (χ3v) is 6.27. The van der Waals surface area contributed by atoms with Gasteiger partial charge in [-0.05, 0) is 60.6 Å².